The van der Waals surface area contributed by atoms with Crippen molar-refractivity contribution in [2.75, 3.05) is 0 Å². The standard InChI is InChI=1S/C14H20O.C13H18O.C13H18.C12H18O.C11H16O.C10H14O.C10H14.C9H10O.C9H8O.C9H10.C7H8O/c1-2-9-14(10-6-11-14)13(15)12-7-4-3-5-8-12;14-13(11-7-3-1-4-8-11)12-9-5-2-6-10-12;1-3-7-12(8-4-1)11-13-9-5-2-6-10-13;1-2-3-5-10-12(13)11-8-6-4-7-9-11;1-11(2,3)10(12)9-7-5-4-6-8-9;1-8(2)10(11)9-6-4-3-5-7-9;1-10(2,3)9-7-5-4-6-8-9;2*10-9-6-5-7-3-1-2-4-8(7)9;1-2-5-9-7-3-6-8(9)4-1;8-6-7-4-2-1-3-5-7/h3-5,7-8,13,15H,2,6,9-11H2,1H3;1,3-4,7-8,12-14H,2,5-6,9-10H2;1,3-4,7-8,13H,2,5-6,9-11H2;4,6-9,12-13H,2-3,5,10H2,1H3;4-8,10,12H,1-3H3;3-8,10-11H,1-2H3;4-8H,1-3H3;1-4,9-10H,5-6H2;1-4H,5-6H2;1-2,4-5H,3,6-7H2;1-5,8H,6H2. The van der Waals surface area contributed by atoms with E-state index in [4.69, 9.17) is 5.11 Å². The number of aliphatic hydroxyl groups is 7. The molecule has 8 nitrogen and oxygen atoms in total. The first kappa shape index (κ1) is 103. The Labute approximate surface area is 754 Å². The van der Waals surface area contributed by atoms with E-state index in [1.54, 1.807) is 11.1 Å². The molecule has 3 fully saturated rings. The molecular weight excluding hydrogens is 1530 g/mol. The fraction of sp³-hybridized carbons (Fsp3) is 0.427. The van der Waals surface area contributed by atoms with Crippen LogP contribution in [-0.4, -0.2) is 41.5 Å². The lowest BCUT2D eigenvalue weighted by atomic mass is 9.61. The van der Waals surface area contributed by atoms with Crippen LogP contribution in [0.5, 0.6) is 0 Å². The number of aryl methyl sites for hydroxylation is 4. The number of carbonyl (C=O) groups is 1. The maximum Gasteiger partial charge on any atom is 0.163 e. The van der Waals surface area contributed by atoms with Crippen LogP contribution < -0.4 is 0 Å². The molecule has 17 rings (SSSR count). The van der Waals surface area contributed by atoms with Crippen molar-refractivity contribution in [1.29, 1.82) is 0 Å². The van der Waals surface area contributed by atoms with E-state index < -0.39 is 0 Å². The Hall–Kier alpha value is -9.19. The zero-order valence-electron chi connectivity index (χ0n) is 77.6. The minimum absolute atomic E-state index is 0.0820. The van der Waals surface area contributed by atoms with Crippen LogP contribution in [0.25, 0.3) is 0 Å². The fourth-order valence-corrected chi connectivity index (χ4v) is 17.1. The molecule has 7 N–H and O–H groups in total. The second-order valence-corrected chi connectivity index (χ2v) is 37.1. The molecule has 125 heavy (non-hydrogen) atoms. The van der Waals surface area contributed by atoms with E-state index in [0.29, 0.717) is 23.5 Å². The molecule has 3 saturated carbocycles. The third-order valence-electron chi connectivity index (χ3n) is 24.8. The normalized spacial score (nSPS) is 16.3. The number of fused-ring (bicyclic) bond motifs is 3. The minimum atomic E-state index is -0.376. The van der Waals surface area contributed by atoms with Crippen molar-refractivity contribution in [2.24, 2.45) is 28.6 Å². The quantitative estimate of drug-likeness (QED) is 0.0444. The molecule has 0 aromatic heterocycles. The van der Waals surface area contributed by atoms with Crippen LogP contribution >= 0.6 is 0 Å². The largest absolute Gasteiger partial charge is 0.392 e. The van der Waals surface area contributed by atoms with Gasteiger partial charge in [-0.15, -0.1) is 0 Å². The van der Waals surface area contributed by atoms with Crippen molar-refractivity contribution >= 4 is 5.78 Å². The monoisotopic (exact) mass is 1690 g/mol. The van der Waals surface area contributed by atoms with Crippen molar-refractivity contribution in [3.63, 3.8) is 0 Å². The van der Waals surface area contributed by atoms with Gasteiger partial charge in [-0.1, -0.05) is 468 Å². The number of unbranched alkanes of at least 4 members (excludes halogenated alkanes) is 2. The molecule has 8 heteroatoms. The number of carbonyl (C=O) groups excluding carboxylic acids is 1. The van der Waals surface area contributed by atoms with E-state index in [2.05, 4.69) is 126 Å². The molecule has 0 radical (unpaired) electrons. The maximum atomic E-state index is 11.1. The lowest BCUT2D eigenvalue weighted by Crippen LogP contribution is -2.35. The molecule has 0 bridgehead atoms. The predicted octanol–water partition coefficient (Wildman–Crippen LogP) is 29.1. The Kier molecular flexibility index (Phi) is 47.3. The van der Waals surface area contributed by atoms with Gasteiger partial charge in [0.05, 0.1) is 43.2 Å². The van der Waals surface area contributed by atoms with Gasteiger partial charge in [-0.2, -0.15) is 0 Å². The van der Waals surface area contributed by atoms with Gasteiger partial charge < -0.3 is 35.7 Å². The number of Topliss-reactive ketones (excluding diaryl/α,β-unsaturated/α-hetero) is 1. The average molecular weight is 1690 g/mol. The second-order valence-electron chi connectivity index (χ2n) is 37.1. The van der Waals surface area contributed by atoms with Crippen LogP contribution in [0.3, 0.4) is 0 Å². The molecule has 670 valence electrons. The van der Waals surface area contributed by atoms with Gasteiger partial charge in [-0.05, 0) is 184 Å². The Morgan fingerprint density at radius 1 is 0.392 bits per heavy atom. The Morgan fingerprint density at radius 2 is 0.824 bits per heavy atom. The SMILES string of the molecule is CC(C)(C)C(O)c1ccccc1.CC(C)(C)c1ccccc1.CC(C)C(O)c1ccccc1.CCCC1(C(O)c2ccccc2)CCC1.CCCCCC(O)c1ccccc1.O=C1CCc2ccccc21.OC(c1ccccc1)C1CCCCC1.OC1CCc2ccccc21.OCc1ccccc1.c1ccc(CC2CCCCC2)cc1.c1ccc2c(c1)CCC2. The molecule has 11 aromatic rings. The molecular formula is C117H154O8. The van der Waals surface area contributed by atoms with Gasteiger partial charge in [0.25, 0.3) is 0 Å². The van der Waals surface area contributed by atoms with Crippen LogP contribution in [0, 0.1) is 28.6 Å². The molecule has 6 unspecified atom stereocenters. The minimum Gasteiger partial charge on any atom is -0.392 e. The topological polar surface area (TPSA) is 159 Å². The zero-order valence-corrected chi connectivity index (χ0v) is 77.6. The number of ketones is 1. The van der Waals surface area contributed by atoms with E-state index in [1.807, 2.05) is 259 Å². The van der Waals surface area contributed by atoms with E-state index in [0.717, 1.165) is 89.0 Å². The van der Waals surface area contributed by atoms with Gasteiger partial charge in [0, 0.05) is 17.4 Å². The van der Waals surface area contributed by atoms with Gasteiger partial charge in [0.1, 0.15) is 0 Å². The number of hydrogen-bond donors (Lipinski definition) is 7. The summed E-state index contributed by atoms with van der Waals surface area (Å²) in [5, 5.41) is 67.7. The highest BCUT2D eigenvalue weighted by atomic mass is 16.3. The molecule has 11 aromatic carbocycles. The van der Waals surface area contributed by atoms with Crippen LogP contribution in [0.15, 0.2) is 315 Å². The van der Waals surface area contributed by atoms with Crippen molar-refractivity contribution < 1.29 is 40.5 Å². The average Bonchev–Trinajstić information content (AvgIpc) is 1.74. The van der Waals surface area contributed by atoms with E-state index in [9.17, 15) is 35.4 Å². The third kappa shape index (κ3) is 37.7. The van der Waals surface area contributed by atoms with Gasteiger partial charge in [0.2, 0.25) is 0 Å². The van der Waals surface area contributed by atoms with Crippen molar-refractivity contribution in [2.45, 2.75) is 291 Å². The summed E-state index contributed by atoms with van der Waals surface area (Å²) in [4.78, 5) is 11.1. The first-order valence-corrected chi connectivity index (χ1v) is 47.3. The van der Waals surface area contributed by atoms with E-state index >= 15 is 0 Å². The fourth-order valence-electron chi connectivity index (χ4n) is 17.1. The molecule has 6 atom stereocenters. The molecule has 0 heterocycles. The molecule has 0 aliphatic heterocycles. The number of hydrogen-bond acceptors (Lipinski definition) is 8. The van der Waals surface area contributed by atoms with E-state index in [-0.39, 0.29) is 60.0 Å². The van der Waals surface area contributed by atoms with Crippen LogP contribution in [-0.2, 0) is 44.1 Å². The molecule has 6 aliphatic carbocycles. The van der Waals surface area contributed by atoms with Gasteiger partial charge in [-0.3, -0.25) is 4.79 Å². The van der Waals surface area contributed by atoms with Crippen molar-refractivity contribution in [3.8, 4) is 0 Å². The Morgan fingerprint density at radius 3 is 1.26 bits per heavy atom. The first-order valence-electron chi connectivity index (χ1n) is 47.3. The Balaban J connectivity index is 0.000000189. The number of rotatable bonds is 17. The van der Waals surface area contributed by atoms with E-state index in [1.165, 1.54) is 151 Å². The van der Waals surface area contributed by atoms with Gasteiger partial charge >= 0.3 is 0 Å². The van der Waals surface area contributed by atoms with Crippen molar-refractivity contribution in [3.05, 3.63) is 393 Å². The summed E-state index contributed by atoms with van der Waals surface area (Å²) in [6, 6.07) is 105. The first-order chi connectivity index (χ1) is 60.4. The van der Waals surface area contributed by atoms with Gasteiger partial charge in [-0.25, -0.2) is 0 Å². The number of aliphatic hydroxyl groups excluding tert-OH is 7. The second kappa shape index (κ2) is 57.5. The summed E-state index contributed by atoms with van der Waals surface area (Å²) >= 11 is 0. The summed E-state index contributed by atoms with van der Waals surface area (Å²) in [5.41, 5.74) is 17.2. The smallest absolute Gasteiger partial charge is 0.163 e. The summed E-state index contributed by atoms with van der Waals surface area (Å²) < 4.78 is 0. The third-order valence-corrected chi connectivity index (χ3v) is 24.8. The number of benzene rings is 11. The summed E-state index contributed by atoms with van der Waals surface area (Å²) in [5.74, 6) is 2.05. The molecule has 6 aliphatic rings. The summed E-state index contributed by atoms with van der Waals surface area (Å²) in [6.45, 7) is 21.3. The Bertz CT molecular complexity index is 4530. The molecule has 0 spiro atoms. The highest BCUT2D eigenvalue weighted by Gasteiger charge is 2.43. The highest BCUT2D eigenvalue weighted by Crippen LogP contribution is 2.53. The van der Waals surface area contributed by atoms with Crippen LogP contribution in [0.1, 0.15) is 330 Å². The summed E-state index contributed by atoms with van der Waals surface area (Å²) in [6.07, 6.45) is 31.2. The highest BCUT2D eigenvalue weighted by molar-refractivity contribution is 6.00. The maximum absolute atomic E-state index is 11.1. The zero-order chi connectivity index (χ0) is 89.9. The lowest BCUT2D eigenvalue weighted by Gasteiger charge is -2.46. The predicted molar refractivity (Wildman–Crippen MR) is 525 cm³/mol. The lowest BCUT2D eigenvalue weighted by molar-refractivity contribution is -0.0440. The molecule has 0 saturated heterocycles. The van der Waals surface area contributed by atoms with Crippen LogP contribution in [0.4, 0.5) is 0 Å². The van der Waals surface area contributed by atoms with Gasteiger partial charge in [0.15, 0.2) is 5.78 Å². The van der Waals surface area contributed by atoms with Crippen molar-refractivity contribution in [1.82, 2.24) is 0 Å². The molecule has 0 amide bonds. The summed E-state index contributed by atoms with van der Waals surface area (Å²) in [7, 11) is 0. The van der Waals surface area contributed by atoms with Crippen LogP contribution in [0.2, 0.25) is 0 Å².